The lowest BCUT2D eigenvalue weighted by Crippen LogP contribution is -2.04. The van der Waals surface area contributed by atoms with Gasteiger partial charge in [-0.1, -0.05) is 19.1 Å². The third kappa shape index (κ3) is 1.84. The minimum Gasteiger partial charge on any atom is -0.396 e. The first-order valence-corrected chi connectivity index (χ1v) is 4.12. The van der Waals surface area contributed by atoms with Crippen LogP contribution in [0.5, 0.6) is 0 Å². The molecular weight excluding hydrogens is 124 g/mol. The molecule has 0 aromatic carbocycles. The van der Waals surface area contributed by atoms with Gasteiger partial charge in [-0.2, -0.15) is 0 Å². The SMILES string of the molecule is CC1C=CCC1CCCO. The molecular formula is C9H16O. The highest BCUT2D eigenvalue weighted by Crippen LogP contribution is 2.28. The number of allylic oxidation sites excluding steroid dienone is 2. The topological polar surface area (TPSA) is 20.2 Å². The molecule has 58 valence electrons. The highest BCUT2D eigenvalue weighted by atomic mass is 16.2. The van der Waals surface area contributed by atoms with Crippen LogP contribution in [-0.4, -0.2) is 11.7 Å². The molecule has 0 aliphatic heterocycles. The van der Waals surface area contributed by atoms with Crippen molar-refractivity contribution in [3.05, 3.63) is 12.2 Å². The van der Waals surface area contributed by atoms with Gasteiger partial charge in [0.25, 0.3) is 0 Å². The minimum absolute atomic E-state index is 0.350. The molecule has 0 fully saturated rings. The molecule has 1 aliphatic rings. The van der Waals surface area contributed by atoms with Crippen LogP contribution in [0.15, 0.2) is 12.2 Å². The third-order valence-electron chi connectivity index (χ3n) is 2.36. The molecule has 1 heteroatoms. The Morgan fingerprint density at radius 3 is 2.90 bits per heavy atom. The Kier molecular flexibility index (Phi) is 2.94. The van der Waals surface area contributed by atoms with Crippen molar-refractivity contribution in [2.24, 2.45) is 11.8 Å². The molecule has 1 rings (SSSR count). The molecule has 1 N–H and O–H groups in total. The first-order chi connectivity index (χ1) is 4.84. The Morgan fingerprint density at radius 2 is 2.40 bits per heavy atom. The first-order valence-electron chi connectivity index (χ1n) is 4.12. The van der Waals surface area contributed by atoms with Crippen molar-refractivity contribution in [1.82, 2.24) is 0 Å². The number of rotatable bonds is 3. The molecule has 2 atom stereocenters. The van der Waals surface area contributed by atoms with Gasteiger partial charge >= 0.3 is 0 Å². The van der Waals surface area contributed by atoms with E-state index in [1.165, 1.54) is 12.8 Å². The maximum atomic E-state index is 8.59. The molecule has 0 radical (unpaired) electrons. The maximum Gasteiger partial charge on any atom is 0.0431 e. The van der Waals surface area contributed by atoms with Crippen LogP contribution in [0.4, 0.5) is 0 Å². The predicted octanol–water partition coefficient (Wildman–Crippen LogP) is 1.97. The van der Waals surface area contributed by atoms with Gasteiger partial charge < -0.3 is 5.11 Å². The van der Waals surface area contributed by atoms with Crippen molar-refractivity contribution < 1.29 is 5.11 Å². The molecule has 0 spiro atoms. The zero-order chi connectivity index (χ0) is 7.40. The van der Waals surface area contributed by atoms with Crippen LogP contribution in [0.1, 0.15) is 26.2 Å². The second-order valence-electron chi connectivity index (χ2n) is 3.15. The molecule has 0 saturated carbocycles. The summed E-state index contributed by atoms with van der Waals surface area (Å²) in [5.74, 6) is 1.55. The van der Waals surface area contributed by atoms with Crippen LogP contribution in [0.25, 0.3) is 0 Å². The van der Waals surface area contributed by atoms with E-state index in [0.717, 1.165) is 18.3 Å². The zero-order valence-electron chi connectivity index (χ0n) is 6.59. The van der Waals surface area contributed by atoms with E-state index in [2.05, 4.69) is 19.1 Å². The lowest BCUT2D eigenvalue weighted by Gasteiger charge is -2.13. The molecule has 2 unspecified atom stereocenters. The number of hydrogen-bond donors (Lipinski definition) is 1. The van der Waals surface area contributed by atoms with Crippen LogP contribution < -0.4 is 0 Å². The lowest BCUT2D eigenvalue weighted by atomic mass is 9.93. The normalized spacial score (nSPS) is 31.4. The Bertz CT molecular complexity index is 118. The quantitative estimate of drug-likeness (QED) is 0.594. The summed E-state index contributed by atoms with van der Waals surface area (Å²) in [6.07, 6.45) is 7.91. The molecule has 0 amide bonds. The third-order valence-corrected chi connectivity index (χ3v) is 2.36. The zero-order valence-corrected chi connectivity index (χ0v) is 6.59. The van der Waals surface area contributed by atoms with E-state index in [4.69, 9.17) is 5.11 Å². The number of aliphatic hydroxyl groups is 1. The highest BCUT2D eigenvalue weighted by molar-refractivity contribution is 4.98. The van der Waals surface area contributed by atoms with E-state index < -0.39 is 0 Å². The van der Waals surface area contributed by atoms with Crippen molar-refractivity contribution in [1.29, 1.82) is 0 Å². The molecule has 0 aromatic rings. The number of aliphatic hydroxyl groups excluding tert-OH is 1. The van der Waals surface area contributed by atoms with Crippen LogP contribution in [0, 0.1) is 11.8 Å². The highest BCUT2D eigenvalue weighted by Gasteiger charge is 2.17. The average molecular weight is 140 g/mol. The molecule has 1 nitrogen and oxygen atoms in total. The minimum atomic E-state index is 0.350. The van der Waals surface area contributed by atoms with E-state index in [1.807, 2.05) is 0 Å². The van der Waals surface area contributed by atoms with E-state index in [9.17, 15) is 0 Å². The summed E-state index contributed by atoms with van der Waals surface area (Å²) in [4.78, 5) is 0. The average Bonchev–Trinajstić information content (AvgIpc) is 2.31. The summed E-state index contributed by atoms with van der Waals surface area (Å²) >= 11 is 0. The summed E-state index contributed by atoms with van der Waals surface area (Å²) in [5, 5.41) is 8.59. The van der Waals surface area contributed by atoms with E-state index in [1.54, 1.807) is 0 Å². The Balaban J connectivity index is 2.17. The fraction of sp³-hybridized carbons (Fsp3) is 0.778. The molecule has 10 heavy (non-hydrogen) atoms. The van der Waals surface area contributed by atoms with Gasteiger partial charge in [0.15, 0.2) is 0 Å². The monoisotopic (exact) mass is 140 g/mol. The Hall–Kier alpha value is -0.300. The van der Waals surface area contributed by atoms with Gasteiger partial charge in [0.05, 0.1) is 0 Å². The van der Waals surface area contributed by atoms with Crippen LogP contribution in [-0.2, 0) is 0 Å². The van der Waals surface area contributed by atoms with Gasteiger partial charge in [0.1, 0.15) is 0 Å². The van der Waals surface area contributed by atoms with Crippen molar-refractivity contribution >= 4 is 0 Å². The van der Waals surface area contributed by atoms with Crippen molar-refractivity contribution in [2.75, 3.05) is 6.61 Å². The van der Waals surface area contributed by atoms with E-state index >= 15 is 0 Å². The standard InChI is InChI=1S/C9H16O/c1-8-4-2-5-9(8)6-3-7-10/h2,4,8-10H,3,5-7H2,1H3. The molecule has 0 heterocycles. The van der Waals surface area contributed by atoms with Crippen LogP contribution >= 0.6 is 0 Å². The van der Waals surface area contributed by atoms with E-state index in [0.29, 0.717) is 6.61 Å². The summed E-state index contributed by atoms with van der Waals surface area (Å²) in [6.45, 7) is 2.61. The second-order valence-corrected chi connectivity index (χ2v) is 3.15. The van der Waals surface area contributed by atoms with Crippen LogP contribution in [0.2, 0.25) is 0 Å². The van der Waals surface area contributed by atoms with Gasteiger partial charge in [0.2, 0.25) is 0 Å². The summed E-state index contributed by atoms with van der Waals surface area (Å²) in [6, 6.07) is 0. The summed E-state index contributed by atoms with van der Waals surface area (Å²) in [5.41, 5.74) is 0. The molecule has 0 saturated heterocycles. The fourth-order valence-electron chi connectivity index (χ4n) is 1.57. The summed E-state index contributed by atoms with van der Waals surface area (Å²) in [7, 11) is 0. The van der Waals surface area contributed by atoms with Crippen molar-refractivity contribution in [3.63, 3.8) is 0 Å². The molecule has 1 aliphatic carbocycles. The molecule has 0 bridgehead atoms. The summed E-state index contributed by atoms with van der Waals surface area (Å²) < 4.78 is 0. The van der Waals surface area contributed by atoms with Crippen LogP contribution in [0.3, 0.4) is 0 Å². The Morgan fingerprint density at radius 1 is 1.60 bits per heavy atom. The van der Waals surface area contributed by atoms with Gasteiger partial charge in [-0.25, -0.2) is 0 Å². The lowest BCUT2D eigenvalue weighted by molar-refractivity contribution is 0.264. The second kappa shape index (κ2) is 3.77. The predicted molar refractivity (Wildman–Crippen MR) is 42.7 cm³/mol. The van der Waals surface area contributed by atoms with Gasteiger partial charge in [0, 0.05) is 6.61 Å². The number of hydrogen-bond acceptors (Lipinski definition) is 1. The van der Waals surface area contributed by atoms with E-state index in [-0.39, 0.29) is 0 Å². The smallest absolute Gasteiger partial charge is 0.0431 e. The largest absolute Gasteiger partial charge is 0.396 e. The van der Waals surface area contributed by atoms with Gasteiger partial charge in [-0.15, -0.1) is 0 Å². The van der Waals surface area contributed by atoms with Gasteiger partial charge in [-0.05, 0) is 31.1 Å². The van der Waals surface area contributed by atoms with Crippen molar-refractivity contribution in [3.8, 4) is 0 Å². The molecule has 0 aromatic heterocycles. The maximum absolute atomic E-state index is 8.59. The fourth-order valence-corrected chi connectivity index (χ4v) is 1.57. The van der Waals surface area contributed by atoms with Crippen molar-refractivity contribution in [2.45, 2.75) is 26.2 Å². The first kappa shape index (κ1) is 7.80. The Labute approximate surface area is 62.8 Å². The van der Waals surface area contributed by atoms with Gasteiger partial charge in [-0.3, -0.25) is 0 Å².